The second-order valence-corrected chi connectivity index (χ2v) is 3.49. The van der Waals surface area contributed by atoms with E-state index >= 15 is 0 Å². The maximum Gasteiger partial charge on any atom is 0.149 e. The van der Waals surface area contributed by atoms with Crippen molar-refractivity contribution >= 4 is 26.8 Å². The molecule has 0 aliphatic rings. The van der Waals surface area contributed by atoms with Gasteiger partial charge in [-0.15, -0.1) is 0 Å². The SMILES string of the molecule is Fc1ccc(F)c2ncc(Br)cc12. The number of rotatable bonds is 0. The van der Waals surface area contributed by atoms with E-state index in [-0.39, 0.29) is 10.9 Å². The molecule has 0 saturated heterocycles. The van der Waals surface area contributed by atoms with Crippen molar-refractivity contribution in [2.45, 2.75) is 0 Å². The van der Waals surface area contributed by atoms with E-state index in [2.05, 4.69) is 20.9 Å². The number of fused-ring (bicyclic) bond motifs is 1. The van der Waals surface area contributed by atoms with Gasteiger partial charge >= 0.3 is 0 Å². The number of hydrogen-bond acceptors (Lipinski definition) is 1. The topological polar surface area (TPSA) is 12.9 Å². The predicted molar refractivity (Wildman–Crippen MR) is 49.4 cm³/mol. The Hall–Kier alpha value is -1.03. The van der Waals surface area contributed by atoms with Gasteiger partial charge in [-0.3, -0.25) is 4.98 Å². The molecule has 0 spiro atoms. The Morgan fingerprint density at radius 2 is 1.85 bits per heavy atom. The lowest BCUT2D eigenvalue weighted by Crippen LogP contribution is -1.87. The molecule has 0 radical (unpaired) electrons. The monoisotopic (exact) mass is 243 g/mol. The molecular weight excluding hydrogens is 240 g/mol. The highest BCUT2D eigenvalue weighted by molar-refractivity contribution is 9.10. The van der Waals surface area contributed by atoms with E-state index in [9.17, 15) is 8.78 Å². The average molecular weight is 244 g/mol. The lowest BCUT2D eigenvalue weighted by Gasteiger charge is -1.99. The van der Waals surface area contributed by atoms with Crippen LogP contribution in [-0.4, -0.2) is 4.98 Å². The van der Waals surface area contributed by atoms with Crippen LogP contribution in [0.25, 0.3) is 10.9 Å². The fraction of sp³-hybridized carbons (Fsp3) is 0. The molecule has 0 amide bonds. The van der Waals surface area contributed by atoms with Gasteiger partial charge in [0.05, 0.1) is 0 Å². The van der Waals surface area contributed by atoms with E-state index in [0.29, 0.717) is 4.47 Å². The Balaban J connectivity index is 2.92. The summed E-state index contributed by atoms with van der Waals surface area (Å²) in [5, 5.41) is 0.189. The fourth-order valence-electron chi connectivity index (χ4n) is 1.13. The Labute approximate surface area is 81.5 Å². The molecule has 0 atom stereocenters. The third kappa shape index (κ3) is 1.42. The number of pyridine rings is 1. The van der Waals surface area contributed by atoms with Crippen molar-refractivity contribution in [3.63, 3.8) is 0 Å². The van der Waals surface area contributed by atoms with Gasteiger partial charge in [-0.05, 0) is 34.1 Å². The van der Waals surface area contributed by atoms with Gasteiger partial charge in [-0.1, -0.05) is 0 Å². The minimum Gasteiger partial charge on any atom is -0.252 e. The second kappa shape index (κ2) is 3.03. The Bertz CT molecular complexity index is 470. The summed E-state index contributed by atoms with van der Waals surface area (Å²) in [4.78, 5) is 3.78. The third-order valence-corrected chi connectivity index (χ3v) is 2.15. The molecule has 0 aliphatic heterocycles. The molecule has 2 aromatic rings. The quantitative estimate of drug-likeness (QED) is 0.692. The predicted octanol–water partition coefficient (Wildman–Crippen LogP) is 3.28. The zero-order valence-electron chi connectivity index (χ0n) is 6.39. The van der Waals surface area contributed by atoms with Crippen LogP contribution in [-0.2, 0) is 0 Å². The molecule has 1 aromatic carbocycles. The number of hydrogen-bond donors (Lipinski definition) is 0. The summed E-state index contributed by atoms with van der Waals surface area (Å²) in [6.07, 6.45) is 1.44. The minimum absolute atomic E-state index is 0.0585. The summed E-state index contributed by atoms with van der Waals surface area (Å²) in [5.74, 6) is -0.978. The highest BCUT2D eigenvalue weighted by Crippen LogP contribution is 2.21. The van der Waals surface area contributed by atoms with E-state index in [4.69, 9.17) is 0 Å². The summed E-state index contributed by atoms with van der Waals surface area (Å²) < 4.78 is 26.8. The largest absolute Gasteiger partial charge is 0.252 e. The van der Waals surface area contributed by atoms with E-state index in [1.54, 1.807) is 0 Å². The minimum atomic E-state index is -0.510. The summed E-state index contributed by atoms with van der Waals surface area (Å²) >= 11 is 3.14. The van der Waals surface area contributed by atoms with Crippen LogP contribution in [0, 0.1) is 11.6 Å². The molecule has 0 aliphatic carbocycles. The summed E-state index contributed by atoms with van der Waals surface area (Å²) in [5.41, 5.74) is 0.0585. The first-order valence-electron chi connectivity index (χ1n) is 3.58. The van der Waals surface area contributed by atoms with Crippen LogP contribution in [0.2, 0.25) is 0 Å². The van der Waals surface area contributed by atoms with Gasteiger partial charge in [0.15, 0.2) is 0 Å². The molecule has 0 saturated carbocycles. The Morgan fingerprint density at radius 1 is 1.15 bits per heavy atom. The molecule has 13 heavy (non-hydrogen) atoms. The van der Waals surface area contributed by atoms with Gasteiger partial charge in [-0.2, -0.15) is 0 Å². The molecule has 0 fully saturated rings. The van der Waals surface area contributed by atoms with Crippen molar-refractivity contribution in [3.8, 4) is 0 Å². The first-order chi connectivity index (χ1) is 6.18. The molecule has 0 bridgehead atoms. The number of benzene rings is 1. The molecule has 1 nitrogen and oxygen atoms in total. The molecule has 1 heterocycles. The first-order valence-corrected chi connectivity index (χ1v) is 4.37. The number of nitrogens with zero attached hydrogens (tertiary/aromatic N) is 1. The maximum atomic E-state index is 13.1. The number of aromatic nitrogens is 1. The molecule has 0 unspecified atom stereocenters. The maximum absolute atomic E-state index is 13.1. The molecule has 4 heteroatoms. The Kier molecular flexibility index (Phi) is 2.00. The van der Waals surface area contributed by atoms with E-state index in [1.165, 1.54) is 12.3 Å². The second-order valence-electron chi connectivity index (χ2n) is 2.58. The van der Waals surface area contributed by atoms with E-state index in [0.717, 1.165) is 12.1 Å². The van der Waals surface area contributed by atoms with Gasteiger partial charge in [0.2, 0.25) is 0 Å². The van der Waals surface area contributed by atoms with Crippen LogP contribution < -0.4 is 0 Å². The normalized spacial score (nSPS) is 10.7. The van der Waals surface area contributed by atoms with Crippen LogP contribution in [0.5, 0.6) is 0 Å². The molecule has 0 N–H and O–H groups in total. The summed E-state index contributed by atoms with van der Waals surface area (Å²) in [6, 6.07) is 3.66. The Morgan fingerprint density at radius 3 is 2.62 bits per heavy atom. The van der Waals surface area contributed by atoms with Gasteiger partial charge in [0.1, 0.15) is 17.2 Å². The molecule has 2 rings (SSSR count). The van der Waals surface area contributed by atoms with Gasteiger partial charge in [0, 0.05) is 16.1 Å². The van der Waals surface area contributed by atoms with Crippen molar-refractivity contribution < 1.29 is 8.78 Å². The zero-order chi connectivity index (χ0) is 9.42. The first kappa shape index (κ1) is 8.56. The molecular formula is C9H4BrF2N. The highest BCUT2D eigenvalue weighted by Gasteiger charge is 2.06. The van der Waals surface area contributed by atoms with Crippen molar-refractivity contribution in [3.05, 3.63) is 40.5 Å². The van der Waals surface area contributed by atoms with Crippen molar-refractivity contribution in [2.75, 3.05) is 0 Å². The van der Waals surface area contributed by atoms with E-state index in [1.807, 2.05) is 0 Å². The summed E-state index contributed by atoms with van der Waals surface area (Å²) in [7, 11) is 0. The van der Waals surface area contributed by atoms with E-state index < -0.39 is 11.6 Å². The van der Waals surface area contributed by atoms with Crippen molar-refractivity contribution in [2.24, 2.45) is 0 Å². The smallest absolute Gasteiger partial charge is 0.149 e. The van der Waals surface area contributed by atoms with Gasteiger partial charge < -0.3 is 0 Å². The average Bonchev–Trinajstić information content (AvgIpc) is 2.12. The van der Waals surface area contributed by atoms with Crippen LogP contribution in [0.15, 0.2) is 28.9 Å². The zero-order valence-corrected chi connectivity index (χ0v) is 7.98. The van der Waals surface area contributed by atoms with Crippen LogP contribution >= 0.6 is 15.9 Å². The van der Waals surface area contributed by atoms with Crippen LogP contribution in [0.3, 0.4) is 0 Å². The van der Waals surface area contributed by atoms with Crippen molar-refractivity contribution in [1.29, 1.82) is 0 Å². The van der Waals surface area contributed by atoms with Crippen molar-refractivity contribution in [1.82, 2.24) is 4.98 Å². The third-order valence-electron chi connectivity index (χ3n) is 1.71. The lowest BCUT2D eigenvalue weighted by molar-refractivity contribution is 0.615. The number of halogens is 3. The van der Waals surface area contributed by atoms with Gasteiger partial charge in [0.25, 0.3) is 0 Å². The standard InChI is InChI=1S/C9H4BrF2N/c10-5-3-6-7(11)1-2-8(12)9(6)13-4-5/h1-4H. The molecule has 66 valence electrons. The fourth-order valence-corrected chi connectivity index (χ4v) is 1.46. The van der Waals surface area contributed by atoms with Crippen LogP contribution in [0.1, 0.15) is 0 Å². The van der Waals surface area contributed by atoms with Gasteiger partial charge in [-0.25, -0.2) is 8.78 Å². The molecule has 1 aromatic heterocycles. The van der Waals surface area contributed by atoms with Crippen LogP contribution in [0.4, 0.5) is 8.78 Å². The lowest BCUT2D eigenvalue weighted by atomic mass is 10.2. The summed E-state index contributed by atoms with van der Waals surface area (Å²) in [6.45, 7) is 0. The highest BCUT2D eigenvalue weighted by atomic mass is 79.9.